The summed E-state index contributed by atoms with van der Waals surface area (Å²) in [5.41, 5.74) is 5.70. The van der Waals surface area contributed by atoms with Crippen LogP contribution in [-0.2, 0) is 4.74 Å². The maximum Gasteiger partial charge on any atom is 0.351 e. The van der Waals surface area contributed by atoms with E-state index in [1.807, 2.05) is 0 Å². The lowest BCUT2D eigenvalue weighted by Gasteiger charge is -2.13. The van der Waals surface area contributed by atoms with Gasteiger partial charge in [0.15, 0.2) is 0 Å². The molecule has 6 nitrogen and oxygen atoms in total. The molecule has 2 atom stereocenters. The van der Waals surface area contributed by atoms with Crippen molar-refractivity contribution in [1.82, 2.24) is 9.55 Å². The number of nitrogens with two attached hydrogens (primary N) is 1. The molecule has 0 spiro atoms. The highest BCUT2D eigenvalue weighted by Gasteiger charge is 2.29. The number of aliphatic hydroxyl groups excluding tert-OH is 1. The summed E-state index contributed by atoms with van der Waals surface area (Å²) in [6, 6.07) is 1.53. The molecule has 0 unspecified atom stereocenters. The molecule has 1 aromatic heterocycles. The van der Waals surface area contributed by atoms with Crippen LogP contribution < -0.4 is 11.4 Å². The first-order chi connectivity index (χ1) is 7.61. The van der Waals surface area contributed by atoms with Gasteiger partial charge in [0.25, 0.3) is 0 Å². The van der Waals surface area contributed by atoms with E-state index in [4.69, 9.17) is 15.6 Å². The molecule has 1 aliphatic rings. The van der Waals surface area contributed by atoms with Crippen LogP contribution in [0.2, 0.25) is 0 Å². The number of anilines is 1. The van der Waals surface area contributed by atoms with Crippen molar-refractivity contribution in [3.8, 4) is 0 Å². The average molecular weight is 223 g/mol. The van der Waals surface area contributed by atoms with Crippen molar-refractivity contribution in [3.05, 3.63) is 34.9 Å². The van der Waals surface area contributed by atoms with Crippen molar-refractivity contribution >= 4 is 5.82 Å². The zero-order chi connectivity index (χ0) is 11.7. The van der Waals surface area contributed by atoms with Crippen LogP contribution in [-0.4, -0.2) is 27.4 Å². The summed E-state index contributed by atoms with van der Waals surface area (Å²) in [6.45, 7) is 3.65. The molecule has 0 radical (unpaired) electrons. The van der Waals surface area contributed by atoms with Crippen molar-refractivity contribution in [2.75, 3.05) is 12.3 Å². The number of nitrogens with zero attached hydrogens (tertiary/aromatic N) is 2. The largest absolute Gasteiger partial charge is 0.393 e. The first kappa shape index (κ1) is 10.8. The Kier molecular flexibility index (Phi) is 2.76. The highest BCUT2D eigenvalue weighted by atomic mass is 16.5. The summed E-state index contributed by atoms with van der Waals surface area (Å²) >= 11 is 0. The second-order valence-corrected chi connectivity index (χ2v) is 3.67. The Bertz CT molecular complexity index is 469. The normalized spacial score (nSPS) is 24.9. The maximum atomic E-state index is 11.5. The van der Waals surface area contributed by atoms with E-state index in [1.54, 1.807) is 0 Å². The molecular weight excluding hydrogens is 210 g/mol. The van der Waals surface area contributed by atoms with Gasteiger partial charge < -0.3 is 15.6 Å². The number of ether oxygens (including phenoxy) is 1. The molecule has 6 heteroatoms. The third-order valence-electron chi connectivity index (χ3n) is 2.54. The van der Waals surface area contributed by atoms with Crippen molar-refractivity contribution in [2.45, 2.75) is 18.8 Å². The highest BCUT2D eigenvalue weighted by molar-refractivity contribution is 5.23. The van der Waals surface area contributed by atoms with Gasteiger partial charge >= 0.3 is 5.69 Å². The SMILES string of the molecule is C=C1C[C@H](n2ccc(N)nc2=O)O[C@@H]1CO. The Morgan fingerprint density at radius 2 is 2.50 bits per heavy atom. The minimum Gasteiger partial charge on any atom is -0.393 e. The van der Waals surface area contributed by atoms with Gasteiger partial charge in [-0.1, -0.05) is 6.58 Å². The minimum atomic E-state index is -0.462. The van der Waals surface area contributed by atoms with Crippen LogP contribution in [0.25, 0.3) is 0 Å². The molecule has 0 aliphatic carbocycles. The second-order valence-electron chi connectivity index (χ2n) is 3.67. The first-order valence-electron chi connectivity index (χ1n) is 4.90. The molecule has 2 heterocycles. The van der Waals surface area contributed by atoms with Gasteiger partial charge in [0, 0.05) is 12.6 Å². The average Bonchev–Trinajstić information content (AvgIpc) is 2.59. The molecule has 2 rings (SSSR count). The molecule has 1 fully saturated rings. The number of hydrogen-bond acceptors (Lipinski definition) is 5. The van der Waals surface area contributed by atoms with Crippen molar-refractivity contribution in [1.29, 1.82) is 0 Å². The van der Waals surface area contributed by atoms with Crippen LogP contribution in [0.15, 0.2) is 29.2 Å². The molecule has 0 amide bonds. The van der Waals surface area contributed by atoms with E-state index < -0.39 is 18.0 Å². The number of aliphatic hydroxyl groups is 1. The van der Waals surface area contributed by atoms with Gasteiger partial charge in [0.2, 0.25) is 0 Å². The van der Waals surface area contributed by atoms with Crippen LogP contribution >= 0.6 is 0 Å². The van der Waals surface area contributed by atoms with E-state index in [2.05, 4.69) is 11.6 Å². The Balaban J connectivity index is 2.27. The van der Waals surface area contributed by atoms with Crippen LogP contribution in [0.1, 0.15) is 12.6 Å². The fourth-order valence-electron chi connectivity index (χ4n) is 1.67. The van der Waals surface area contributed by atoms with Gasteiger partial charge in [0.1, 0.15) is 18.1 Å². The predicted molar refractivity (Wildman–Crippen MR) is 57.7 cm³/mol. The lowest BCUT2D eigenvalue weighted by Crippen LogP contribution is -2.27. The summed E-state index contributed by atoms with van der Waals surface area (Å²) < 4.78 is 6.81. The third kappa shape index (κ3) is 1.84. The lowest BCUT2D eigenvalue weighted by atomic mass is 10.1. The Labute approximate surface area is 92.0 Å². The number of nitrogen functional groups attached to an aromatic ring is 1. The van der Waals surface area contributed by atoms with Gasteiger partial charge in [-0.3, -0.25) is 4.57 Å². The number of rotatable bonds is 2. The second kappa shape index (κ2) is 4.07. The predicted octanol–water partition coefficient (Wildman–Crippen LogP) is -0.339. The van der Waals surface area contributed by atoms with Crippen LogP contribution in [0, 0.1) is 0 Å². The van der Waals surface area contributed by atoms with Crippen molar-refractivity contribution in [3.63, 3.8) is 0 Å². The van der Waals surface area contributed by atoms with Crippen molar-refractivity contribution in [2.24, 2.45) is 0 Å². The zero-order valence-electron chi connectivity index (χ0n) is 8.67. The third-order valence-corrected chi connectivity index (χ3v) is 2.54. The molecular formula is C10H13N3O3. The van der Waals surface area contributed by atoms with Gasteiger partial charge in [-0.25, -0.2) is 4.79 Å². The van der Waals surface area contributed by atoms with E-state index in [9.17, 15) is 4.79 Å². The molecule has 1 aromatic rings. The van der Waals surface area contributed by atoms with Crippen LogP contribution in [0.3, 0.4) is 0 Å². The Morgan fingerprint density at radius 1 is 1.75 bits per heavy atom. The monoisotopic (exact) mass is 223 g/mol. The zero-order valence-corrected chi connectivity index (χ0v) is 8.67. The van der Waals surface area contributed by atoms with E-state index in [-0.39, 0.29) is 12.4 Å². The molecule has 3 N–H and O–H groups in total. The molecule has 1 saturated heterocycles. The van der Waals surface area contributed by atoms with Gasteiger partial charge in [-0.2, -0.15) is 4.98 Å². The number of hydrogen-bond donors (Lipinski definition) is 2. The van der Waals surface area contributed by atoms with Gasteiger partial charge in [-0.15, -0.1) is 0 Å². The quantitative estimate of drug-likeness (QED) is 0.669. The molecule has 1 aliphatic heterocycles. The fraction of sp³-hybridized carbons (Fsp3) is 0.400. The van der Waals surface area contributed by atoms with Crippen LogP contribution in [0.5, 0.6) is 0 Å². The molecule has 86 valence electrons. The topological polar surface area (TPSA) is 90.4 Å². The smallest absolute Gasteiger partial charge is 0.351 e. The van der Waals surface area contributed by atoms with Gasteiger partial charge in [0.05, 0.1) is 6.61 Å². The standard InChI is InChI=1S/C10H13N3O3/c1-6-4-9(16-7(6)5-14)13-3-2-8(11)12-10(13)15/h2-3,7,9,14H,1,4-5H2,(H2,11,12,15)/t7-,9-/m1/s1. The Morgan fingerprint density at radius 3 is 3.06 bits per heavy atom. The summed E-state index contributed by atoms with van der Waals surface area (Å²) in [7, 11) is 0. The maximum absolute atomic E-state index is 11.5. The van der Waals surface area contributed by atoms with E-state index >= 15 is 0 Å². The molecule has 0 saturated carbocycles. The van der Waals surface area contributed by atoms with E-state index in [0.717, 1.165) is 5.57 Å². The van der Waals surface area contributed by atoms with E-state index in [0.29, 0.717) is 6.42 Å². The summed E-state index contributed by atoms with van der Waals surface area (Å²) in [6.07, 6.45) is 1.17. The van der Waals surface area contributed by atoms with Crippen LogP contribution in [0.4, 0.5) is 5.82 Å². The summed E-state index contributed by atoms with van der Waals surface area (Å²) in [4.78, 5) is 15.1. The fourth-order valence-corrected chi connectivity index (χ4v) is 1.67. The molecule has 0 aromatic carbocycles. The minimum absolute atomic E-state index is 0.132. The highest BCUT2D eigenvalue weighted by Crippen LogP contribution is 2.30. The summed E-state index contributed by atoms with van der Waals surface area (Å²) in [5, 5.41) is 9.01. The molecule has 16 heavy (non-hydrogen) atoms. The number of aromatic nitrogens is 2. The Hall–Kier alpha value is -1.66. The van der Waals surface area contributed by atoms with E-state index in [1.165, 1.54) is 16.8 Å². The first-order valence-corrected chi connectivity index (χ1v) is 4.90. The van der Waals surface area contributed by atoms with Crippen molar-refractivity contribution < 1.29 is 9.84 Å². The lowest BCUT2D eigenvalue weighted by molar-refractivity contribution is -0.0187. The summed E-state index contributed by atoms with van der Waals surface area (Å²) in [5.74, 6) is 0.178. The molecule has 0 bridgehead atoms. The van der Waals surface area contributed by atoms with Gasteiger partial charge in [-0.05, 0) is 11.6 Å².